The number of halogens is 2. The Kier molecular flexibility index (Phi) is 3.40. The number of nitrogens with one attached hydrogen (secondary N) is 2. The second kappa shape index (κ2) is 4.99. The number of nitrogens with zero attached hydrogens (tertiary/aromatic N) is 1. The fourth-order valence-electron chi connectivity index (χ4n) is 1.58. The summed E-state index contributed by atoms with van der Waals surface area (Å²) in [5.74, 6) is -1.57. The van der Waals surface area contributed by atoms with Crippen LogP contribution in [0, 0.1) is 11.6 Å². The molecule has 1 aliphatic heterocycles. The Morgan fingerprint density at radius 2 is 2.28 bits per heavy atom. The minimum atomic E-state index is -0.919. The van der Waals surface area contributed by atoms with Crippen LogP contribution in [-0.4, -0.2) is 25.7 Å². The first-order chi connectivity index (χ1) is 8.60. The standard InChI is InChI=1S/C11H11F2N3O2/c1-18-11(17)16-10-14-5-9(15-10)6-2-3-7(12)8(13)4-6/h2-4,9H,5H2,1H3,(H2,14,15,16,17). The van der Waals surface area contributed by atoms with E-state index in [2.05, 4.69) is 20.4 Å². The molecule has 0 saturated heterocycles. The number of guanidine groups is 1. The molecule has 1 aliphatic rings. The minimum absolute atomic E-state index is 0.247. The maximum absolute atomic E-state index is 13.1. The summed E-state index contributed by atoms with van der Waals surface area (Å²) in [5.41, 5.74) is 0.531. The summed E-state index contributed by atoms with van der Waals surface area (Å²) in [6.45, 7) is 0.393. The van der Waals surface area contributed by atoms with Crippen molar-refractivity contribution in [3.05, 3.63) is 35.4 Å². The summed E-state index contributed by atoms with van der Waals surface area (Å²) in [6.07, 6.45) is -0.646. The highest BCUT2D eigenvalue weighted by molar-refractivity contribution is 5.94. The van der Waals surface area contributed by atoms with Crippen molar-refractivity contribution >= 4 is 12.1 Å². The Morgan fingerprint density at radius 3 is 2.94 bits per heavy atom. The van der Waals surface area contributed by atoms with E-state index in [9.17, 15) is 13.6 Å². The fourth-order valence-corrected chi connectivity index (χ4v) is 1.58. The van der Waals surface area contributed by atoms with Crippen molar-refractivity contribution in [2.24, 2.45) is 4.99 Å². The Labute approximate surface area is 102 Å². The lowest BCUT2D eigenvalue weighted by atomic mass is 10.1. The molecule has 0 saturated carbocycles. The minimum Gasteiger partial charge on any atom is -0.453 e. The first kappa shape index (κ1) is 12.3. The Hall–Kier alpha value is -2.18. The highest BCUT2D eigenvalue weighted by Gasteiger charge is 2.21. The number of carbonyl (C=O) groups is 1. The van der Waals surface area contributed by atoms with Gasteiger partial charge in [-0.05, 0) is 17.7 Å². The van der Waals surface area contributed by atoms with Crippen LogP contribution in [0.4, 0.5) is 13.6 Å². The quantitative estimate of drug-likeness (QED) is 0.795. The lowest BCUT2D eigenvalue weighted by Gasteiger charge is -2.05. The lowest BCUT2D eigenvalue weighted by molar-refractivity contribution is 0.176. The van der Waals surface area contributed by atoms with Gasteiger partial charge in [0.25, 0.3) is 0 Å². The van der Waals surface area contributed by atoms with Gasteiger partial charge in [-0.3, -0.25) is 5.32 Å². The van der Waals surface area contributed by atoms with E-state index in [4.69, 9.17) is 0 Å². The van der Waals surface area contributed by atoms with E-state index in [1.54, 1.807) is 0 Å². The number of aliphatic imine (C=N–C) groups is 1. The number of alkyl carbamates (subject to hydrolysis) is 1. The number of ether oxygens (including phenoxy) is 1. The number of carbonyl (C=O) groups excluding carboxylic acids is 1. The third kappa shape index (κ3) is 2.55. The van der Waals surface area contributed by atoms with Gasteiger partial charge in [-0.2, -0.15) is 0 Å². The van der Waals surface area contributed by atoms with E-state index >= 15 is 0 Å². The number of benzene rings is 1. The Morgan fingerprint density at radius 1 is 1.50 bits per heavy atom. The van der Waals surface area contributed by atoms with Crippen LogP contribution in [0.5, 0.6) is 0 Å². The molecule has 1 unspecified atom stereocenters. The molecule has 0 bridgehead atoms. The Bertz CT molecular complexity index is 505. The van der Waals surface area contributed by atoms with Gasteiger partial charge in [0.2, 0.25) is 5.96 Å². The largest absolute Gasteiger partial charge is 0.453 e. The third-order valence-electron chi connectivity index (χ3n) is 2.48. The van der Waals surface area contributed by atoms with Crippen molar-refractivity contribution < 1.29 is 18.3 Å². The molecule has 1 heterocycles. The number of rotatable bonds is 1. The third-order valence-corrected chi connectivity index (χ3v) is 2.48. The Balaban J connectivity index is 2.11. The molecule has 1 amide bonds. The van der Waals surface area contributed by atoms with Gasteiger partial charge in [0.15, 0.2) is 11.6 Å². The van der Waals surface area contributed by atoms with Gasteiger partial charge in [0.05, 0.1) is 13.2 Å². The number of hydrogen-bond donors (Lipinski definition) is 2. The zero-order valence-electron chi connectivity index (χ0n) is 9.54. The molecule has 5 nitrogen and oxygen atoms in total. The van der Waals surface area contributed by atoms with Gasteiger partial charge in [0.1, 0.15) is 0 Å². The zero-order chi connectivity index (χ0) is 13.1. The summed E-state index contributed by atoms with van der Waals surface area (Å²) in [7, 11) is 1.23. The first-order valence-corrected chi connectivity index (χ1v) is 5.21. The molecule has 0 radical (unpaired) electrons. The zero-order valence-corrected chi connectivity index (χ0v) is 9.54. The highest BCUT2D eigenvalue weighted by Crippen LogP contribution is 2.21. The van der Waals surface area contributed by atoms with Crippen LogP contribution in [0.15, 0.2) is 23.2 Å². The van der Waals surface area contributed by atoms with E-state index < -0.39 is 17.7 Å². The van der Waals surface area contributed by atoms with Gasteiger partial charge < -0.3 is 10.1 Å². The summed E-state index contributed by atoms with van der Waals surface area (Å²) in [4.78, 5) is 15.1. The molecule has 0 spiro atoms. The van der Waals surface area contributed by atoms with Crippen LogP contribution in [-0.2, 0) is 4.74 Å². The second-order valence-electron chi connectivity index (χ2n) is 3.66. The number of methoxy groups -OCH3 is 1. The van der Waals surface area contributed by atoms with Crippen molar-refractivity contribution in [3.63, 3.8) is 0 Å². The van der Waals surface area contributed by atoms with Crippen molar-refractivity contribution in [2.45, 2.75) is 6.04 Å². The molecular formula is C11H11F2N3O2. The number of hydrogen-bond acceptors (Lipinski definition) is 4. The van der Waals surface area contributed by atoms with Crippen molar-refractivity contribution in [3.8, 4) is 0 Å². The predicted molar refractivity (Wildman–Crippen MR) is 60.1 cm³/mol. The topological polar surface area (TPSA) is 62.7 Å². The maximum atomic E-state index is 13.1. The second-order valence-corrected chi connectivity index (χ2v) is 3.66. The van der Waals surface area contributed by atoms with Crippen LogP contribution < -0.4 is 10.6 Å². The van der Waals surface area contributed by atoms with Crippen LogP contribution in [0.3, 0.4) is 0 Å². The van der Waals surface area contributed by atoms with Crippen molar-refractivity contribution in [2.75, 3.05) is 13.7 Å². The van der Waals surface area contributed by atoms with Gasteiger partial charge in [-0.15, -0.1) is 0 Å². The smallest absolute Gasteiger partial charge is 0.413 e. The van der Waals surface area contributed by atoms with Crippen molar-refractivity contribution in [1.29, 1.82) is 0 Å². The van der Waals surface area contributed by atoms with Crippen LogP contribution in [0.2, 0.25) is 0 Å². The first-order valence-electron chi connectivity index (χ1n) is 5.21. The van der Waals surface area contributed by atoms with E-state index in [0.29, 0.717) is 12.1 Å². The molecule has 1 aromatic rings. The molecule has 1 atom stereocenters. The normalized spacial score (nSPS) is 17.9. The molecule has 0 fully saturated rings. The van der Waals surface area contributed by atoms with Gasteiger partial charge in [0, 0.05) is 6.54 Å². The average molecular weight is 255 g/mol. The summed E-state index contributed by atoms with van der Waals surface area (Å²) in [5, 5.41) is 5.19. The fraction of sp³-hybridized carbons (Fsp3) is 0.273. The molecule has 1 aromatic carbocycles. The van der Waals surface area contributed by atoms with E-state index in [-0.39, 0.29) is 12.0 Å². The maximum Gasteiger partial charge on any atom is 0.413 e. The average Bonchev–Trinajstić information content (AvgIpc) is 2.81. The number of amides is 1. The highest BCUT2D eigenvalue weighted by atomic mass is 19.2. The molecule has 0 aromatic heterocycles. The molecule has 7 heteroatoms. The molecule has 96 valence electrons. The lowest BCUT2D eigenvalue weighted by Crippen LogP contribution is -2.37. The molecule has 18 heavy (non-hydrogen) atoms. The summed E-state index contributed by atoms with van der Waals surface area (Å²) in [6, 6.07) is 3.22. The van der Waals surface area contributed by atoms with Gasteiger partial charge >= 0.3 is 6.09 Å². The molecule has 2 rings (SSSR count). The van der Waals surface area contributed by atoms with Crippen LogP contribution in [0.1, 0.15) is 11.6 Å². The SMILES string of the molecule is COC(=O)NC1=NC(c2ccc(F)c(F)c2)CN1. The van der Waals surface area contributed by atoms with Gasteiger partial charge in [-0.25, -0.2) is 18.6 Å². The molecular weight excluding hydrogens is 244 g/mol. The van der Waals surface area contributed by atoms with Gasteiger partial charge in [-0.1, -0.05) is 6.07 Å². The monoisotopic (exact) mass is 255 g/mol. The van der Waals surface area contributed by atoms with E-state index in [1.165, 1.54) is 13.2 Å². The van der Waals surface area contributed by atoms with Crippen LogP contribution >= 0.6 is 0 Å². The summed E-state index contributed by atoms with van der Waals surface area (Å²) < 4.78 is 30.2. The van der Waals surface area contributed by atoms with Crippen LogP contribution in [0.25, 0.3) is 0 Å². The van der Waals surface area contributed by atoms with Crippen molar-refractivity contribution in [1.82, 2.24) is 10.6 Å². The molecule has 0 aliphatic carbocycles. The summed E-state index contributed by atoms with van der Waals surface area (Å²) >= 11 is 0. The van der Waals surface area contributed by atoms with E-state index in [1.807, 2.05) is 0 Å². The predicted octanol–water partition coefficient (Wildman–Crippen LogP) is 1.32. The molecule has 2 N–H and O–H groups in total. The van der Waals surface area contributed by atoms with E-state index in [0.717, 1.165) is 12.1 Å².